The van der Waals surface area contributed by atoms with E-state index >= 15 is 0 Å². The number of nitrogens with one attached hydrogen (secondary N) is 3. The molecule has 5 N–H and O–H groups in total. The van der Waals surface area contributed by atoms with E-state index in [9.17, 15) is 4.39 Å². The van der Waals surface area contributed by atoms with Crippen molar-refractivity contribution < 1.29 is 9.13 Å². The van der Waals surface area contributed by atoms with Gasteiger partial charge in [0, 0.05) is 12.1 Å². The molecule has 2 heterocycles. The zero-order valence-electron chi connectivity index (χ0n) is 15.8. The predicted octanol–water partition coefficient (Wildman–Crippen LogP) is 4.88. The average molecular weight is 405 g/mol. The SMILES string of the molecule is CC(C)Oc1cc(Nc2nc(N[C@@H](C)c3ccc(F)cc3)c(Cl)cc2N)[nH]n1. The Bertz CT molecular complexity index is 944. The second-order valence-electron chi connectivity index (χ2n) is 6.59. The molecule has 0 aliphatic carbocycles. The standard InChI is InChI=1S/C19H22ClFN6O/c1-10(2)28-17-9-16(26-27-17)24-19-15(22)8-14(20)18(25-19)23-11(3)12-4-6-13(21)7-5-12/h4-11H,22H2,1-3H3,(H3,23,24,25,26,27)/t11-/m0/s1. The van der Waals surface area contributed by atoms with Crippen molar-refractivity contribution in [3.63, 3.8) is 0 Å². The van der Waals surface area contributed by atoms with Crippen molar-refractivity contribution in [1.82, 2.24) is 15.2 Å². The molecule has 0 aliphatic heterocycles. The Kier molecular flexibility index (Phi) is 5.89. The predicted molar refractivity (Wildman–Crippen MR) is 110 cm³/mol. The normalized spacial score (nSPS) is 12.1. The zero-order valence-corrected chi connectivity index (χ0v) is 16.5. The van der Waals surface area contributed by atoms with Crippen LogP contribution in [0.4, 0.5) is 27.5 Å². The lowest BCUT2D eigenvalue weighted by atomic mass is 10.1. The van der Waals surface area contributed by atoms with Crippen LogP contribution in [0.25, 0.3) is 0 Å². The first kappa shape index (κ1) is 19.8. The Hall–Kier alpha value is -3.00. The van der Waals surface area contributed by atoms with Gasteiger partial charge in [-0.3, -0.25) is 5.10 Å². The van der Waals surface area contributed by atoms with Crippen LogP contribution in [0.2, 0.25) is 5.02 Å². The minimum absolute atomic E-state index is 0.0126. The number of nitrogens with zero attached hydrogens (tertiary/aromatic N) is 2. The van der Waals surface area contributed by atoms with Gasteiger partial charge < -0.3 is 21.1 Å². The molecule has 0 spiro atoms. The fourth-order valence-corrected chi connectivity index (χ4v) is 2.76. The maximum Gasteiger partial charge on any atom is 0.234 e. The van der Waals surface area contributed by atoms with Gasteiger partial charge in [-0.1, -0.05) is 23.7 Å². The summed E-state index contributed by atoms with van der Waals surface area (Å²) in [4.78, 5) is 4.48. The number of hydrogen-bond donors (Lipinski definition) is 4. The van der Waals surface area contributed by atoms with Crippen LogP contribution in [0, 0.1) is 5.82 Å². The second-order valence-corrected chi connectivity index (χ2v) is 6.99. The number of nitrogens with two attached hydrogens (primary N) is 1. The monoisotopic (exact) mass is 404 g/mol. The van der Waals surface area contributed by atoms with Gasteiger partial charge in [0.25, 0.3) is 0 Å². The minimum atomic E-state index is -0.286. The van der Waals surface area contributed by atoms with Crippen molar-refractivity contribution >= 4 is 34.7 Å². The fourth-order valence-electron chi connectivity index (χ4n) is 2.54. The third kappa shape index (κ3) is 4.83. The van der Waals surface area contributed by atoms with Gasteiger partial charge in [-0.15, -0.1) is 5.10 Å². The molecule has 1 atom stereocenters. The molecule has 3 aromatic rings. The van der Waals surface area contributed by atoms with Crippen molar-refractivity contribution in [3.8, 4) is 5.88 Å². The van der Waals surface area contributed by atoms with Crippen molar-refractivity contribution in [2.75, 3.05) is 16.4 Å². The quantitative estimate of drug-likeness (QED) is 0.447. The molecule has 1 aromatic carbocycles. The summed E-state index contributed by atoms with van der Waals surface area (Å²) in [6.07, 6.45) is 0.0126. The number of pyridine rings is 1. The van der Waals surface area contributed by atoms with E-state index in [2.05, 4.69) is 25.8 Å². The van der Waals surface area contributed by atoms with Crippen molar-refractivity contribution in [1.29, 1.82) is 0 Å². The van der Waals surface area contributed by atoms with Crippen LogP contribution in [0.3, 0.4) is 0 Å². The van der Waals surface area contributed by atoms with Gasteiger partial charge >= 0.3 is 0 Å². The van der Waals surface area contributed by atoms with Crippen molar-refractivity contribution in [2.24, 2.45) is 0 Å². The average Bonchev–Trinajstić information content (AvgIpc) is 3.05. The number of benzene rings is 1. The molecule has 9 heteroatoms. The zero-order chi connectivity index (χ0) is 20.3. The highest BCUT2D eigenvalue weighted by Gasteiger charge is 2.14. The van der Waals surface area contributed by atoms with Crippen LogP contribution in [0.1, 0.15) is 32.4 Å². The minimum Gasteiger partial charge on any atom is -0.474 e. The van der Waals surface area contributed by atoms with Gasteiger partial charge in [0.05, 0.1) is 16.8 Å². The lowest BCUT2D eigenvalue weighted by molar-refractivity contribution is 0.232. The number of halogens is 2. The molecule has 0 fully saturated rings. The Morgan fingerprint density at radius 3 is 2.54 bits per heavy atom. The number of ether oxygens (including phenoxy) is 1. The van der Waals surface area contributed by atoms with E-state index in [4.69, 9.17) is 22.1 Å². The summed E-state index contributed by atoms with van der Waals surface area (Å²) in [6, 6.07) is 9.42. The Morgan fingerprint density at radius 1 is 1.14 bits per heavy atom. The molecule has 0 saturated heterocycles. The molecule has 0 saturated carbocycles. The van der Waals surface area contributed by atoms with E-state index in [0.717, 1.165) is 5.56 Å². The molecular weight excluding hydrogens is 383 g/mol. The van der Waals surface area contributed by atoms with Crippen molar-refractivity contribution in [3.05, 3.63) is 52.8 Å². The van der Waals surface area contributed by atoms with Crippen LogP contribution >= 0.6 is 11.6 Å². The smallest absolute Gasteiger partial charge is 0.234 e. The van der Waals surface area contributed by atoms with Gasteiger partial charge in [0.2, 0.25) is 5.88 Å². The first-order chi connectivity index (χ1) is 13.3. The highest BCUT2D eigenvalue weighted by atomic mass is 35.5. The number of anilines is 4. The number of rotatable bonds is 7. The van der Waals surface area contributed by atoms with E-state index in [1.807, 2.05) is 20.8 Å². The number of aromatic nitrogens is 3. The van der Waals surface area contributed by atoms with Gasteiger partial charge in [-0.05, 0) is 44.5 Å². The van der Waals surface area contributed by atoms with Crippen LogP contribution in [0.15, 0.2) is 36.4 Å². The lowest BCUT2D eigenvalue weighted by Crippen LogP contribution is -2.10. The molecule has 0 amide bonds. The number of hydrogen-bond acceptors (Lipinski definition) is 6. The Labute approximate surface area is 167 Å². The third-order valence-electron chi connectivity index (χ3n) is 3.89. The van der Waals surface area contributed by atoms with E-state index < -0.39 is 0 Å². The topological polar surface area (TPSA) is 101 Å². The van der Waals surface area contributed by atoms with Crippen LogP contribution in [0.5, 0.6) is 5.88 Å². The van der Waals surface area contributed by atoms with Gasteiger partial charge in [0.15, 0.2) is 5.82 Å². The molecule has 0 bridgehead atoms. The van der Waals surface area contributed by atoms with E-state index in [1.165, 1.54) is 12.1 Å². The largest absolute Gasteiger partial charge is 0.474 e. The molecule has 3 rings (SSSR count). The Balaban J connectivity index is 1.78. The van der Waals surface area contributed by atoms with Crippen LogP contribution in [-0.4, -0.2) is 21.3 Å². The number of aromatic amines is 1. The summed E-state index contributed by atoms with van der Waals surface area (Å²) in [5.41, 5.74) is 7.32. The summed E-state index contributed by atoms with van der Waals surface area (Å²) >= 11 is 6.29. The second kappa shape index (κ2) is 8.35. The maximum atomic E-state index is 13.1. The van der Waals surface area contributed by atoms with Gasteiger partial charge in [-0.25, -0.2) is 9.37 Å². The van der Waals surface area contributed by atoms with E-state index in [0.29, 0.717) is 34.0 Å². The summed E-state index contributed by atoms with van der Waals surface area (Å²) in [5, 5.41) is 13.6. The molecule has 148 valence electrons. The molecule has 28 heavy (non-hydrogen) atoms. The molecule has 7 nitrogen and oxygen atoms in total. The summed E-state index contributed by atoms with van der Waals surface area (Å²) < 4.78 is 18.6. The third-order valence-corrected chi connectivity index (χ3v) is 4.18. The number of H-pyrrole nitrogens is 1. The van der Waals surface area contributed by atoms with E-state index in [1.54, 1.807) is 24.3 Å². The first-order valence-corrected chi connectivity index (χ1v) is 9.16. The molecule has 2 aromatic heterocycles. The summed E-state index contributed by atoms with van der Waals surface area (Å²) in [5.74, 6) is 1.63. The molecule has 0 radical (unpaired) electrons. The van der Waals surface area contributed by atoms with Crippen molar-refractivity contribution in [2.45, 2.75) is 32.9 Å². The maximum absolute atomic E-state index is 13.1. The summed E-state index contributed by atoms with van der Waals surface area (Å²) in [7, 11) is 0. The Morgan fingerprint density at radius 2 is 1.86 bits per heavy atom. The molecule has 0 unspecified atom stereocenters. The van der Waals surface area contributed by atoms with Crippen LogP contribution in [-0.2, 0) is 0 Å². The molecule has 0 aliphatic rings. The van der Waals surface area contributed by atoms with Crippen LogP contribution < -0.4 is 21.1 Å². The summed E-state index contributed by atoms with van der Waals surface area (Å²) in [6.45, 7) is 5.76. The van der Waals surface area contributed by atoms with Gasteiger partial charge in [0.1, 0.15) is 17.5 Å². The number of nitrogen functional groups attached to an aromatic ring is 1. The highest BCUT2D eigenvalue weighted by Crippen LogP contribution is 2.31. The van der Waals surface area contributed by atoms with Gasteiger partial charge in [-0.2, -0.15) is 0 Å². The van der Waals surface area contributed by atoms with E-state index in [-0.39, 0.29) is 18.0 Å². The first-order valence-electron chi connectivity index (χ1n) is 8.79. The lowest BCUT2D eigenvalue weighted by Gasteiger charge is -2.17. The fraction of sp³-hybridized carbons (Fsp3) is 0.263. The molecular formula is C19H22ClFN6O. The highest BCUT2D eigenvalue weighted by molar-refractivity contribution is 6.33.